The average molecular weight is 725 g/mol. The Morgan fingerprint density at radius 3 is 2.29 bits per heavy atom. The molecule has 3 rings (SSSR count). The molecule has 0 spiro atoms. The molecule has 1 aromatic carbocycles. The third kappa shape index (κ3) is 11.0. The van der Waals surface area contributed by atoms with Gasteiger partial charge in [-0.1, -0.05) is 71.4 Å². The van der Waals surface area contributed by atoms with Crippen LogP contribution in [0.15, 0.2) is 42.6 Å². The average Bonchev–Trinajstić information content (AvgIpc) is 3.62. The number of amides is 3. The lowest BCUT2D eigenvalue weighted by atomic mass is 9.89. The number of aryl methyl sites for hydroxylation is 1. The lowest BCUT2D eigenvalue weighted by molar-refractivity contribution is -0.148. The summed E-state index contributed by atoms with van der Waals surface area (Å²) >= 11 is 0. The van der Waals surface area contributed by atoms with E-state index in [2.05, 4.69) is 34.4 Å². The van der Waals surface area contributed by atoms with Crippen LogP contribution in [0.1, 0.15) is 71.6 Å². The quantitative estimate of drug-likeness (QED) is 0.203. The molecule has 1 fully saturated rings. The maximum atomic E-state index is 14.2. The van der Waals surface area contributed by atoms with Gasteiger partial charge in [-0.2, -0.15) is 0 Å². The predicted octanol–water partition coefficient (Wildman–Crippen LogP) is 4.04. The molecule has 1 aromatic heterocycles. The number of esters is 1. The van der Waals surface area contributed by atoms with Crippen molar-refractivity contribution in [3.63, 3.8) is 0 Å². The number of ether oxygens (including phenoxy) is 3. The van der Waals surface area contributed by atoms with Gasteiger partial charge in [0.2, 0.25) is 23.7 Å². The Balaban J connectivity index is 1.78. The molecule has 13 heteroatoms. The summed E-state index contributed by atoms with van der Waals surface area (Å²) in [5.41, 5.74) is 1.67. The third-order valence-corrected chi connectivity index (χ3v) is 10.4. The highest BCUT2D eigenvalue weighted by Gasteiger charge is 2.43. The number of nitrogens with one attached hydrogen (secondary N) is 2. The van der Waals surface area contributed by atoms with E-state index in [0.717, 1.165) is 24.1 Å². The fourth-order valence-electron chi connectivity index (χ4n) is 7.19. The fourth-order valence-corrected chi connectivity index (χ4v) is 7.19. The second-order valence-corrected chi connectivity index (χ2v) is 14.3. The van der Waals surface area contributed by atoms with E-state index in [1.165, 1.54) is 14.2 Å². The van der Waals surface area contributed by atoms with Crippen LogP contribution in [-0.4, -0.2) is 115 Å². The highest BCUT2D eigenvalue weighted by molar-refractivity contribution is 5.86. The van der Waals surface area contributed by atoms with Crippen molar-refractivity contribution in [2.24, 2.45) is 17.8 Å². The molecule has 2 aromatic rings. The number of benzene rings is 1. The number of methoxy groups -OCH3 is 3. The van der Waals surface area contributed by atoms with Gasteiger partial charge in [0.05, 0.1) is 43.7 Å². The monoisotopic (exact) mass is 724 g/mol. The summed E-state index contributed by atoms with van der Waals surface area (Å²) in [5, 5.41) is 6.09. The Hall–Kier alpha value is -4.10. The normalized spacial score (nSPS) is 18.4. The van der Waals surface area contributed by atoms with Crippen molar-refractivity contribution in [2.75, 3.05) is 40.2 Å². The Kier molecular flexibility index (Phi) is 16.5. The molecule has 2 heterocycles. The molecule has 0 bridgehead atoms. The molecule has 0 radical (unpaired) electrons. The van der Waals surface area contributed by atoms with E-state index in [4.69, 9.17) is 14.2 Å². The smallest absolute Gasteiger partial charge is 0.328 e. The van der Waals surface area contributed by atoms with Crippen molar-refractivity contribution < 1.29 is 33.4 Å². The Morgan fingerprint density at radius 1 is 1.02 bits per heavy atom. The lowest BCUT2D eigenvalue weighted by Crippen LogP contribution is -2.56. The molecular formula is C39H60N6O7. The van der Waals surface area contributed by atoms with Crippen molar-refractivity contribution >= 4 is 29.6 Å². The van der Waals surface area contributed by atoms with Crippen LogP contribution in [0, 0.1) is 24.7 Å². The maximum absolute atomic E-state index is 14.2. The van der Waals surface area contributed by atoms with Crippen molar-refractivity contribution in [3.05, 3.63) is 53.9 Å². The van der Waals surface area contributed by atoms with Crippen LogP contribution < -0.4 is 10.6 Å². The van der Waals surface area contributed by atoms with Gasteiger partial charge in [0.15, 0.2) is 0 Å². The number of likely N-dealkylation sites (N-methyl/N-ethyl adjacent to an activating group) is 1. The fraction of sp³-hybridized carbons (Fsp3) is 0.641. The molecule has 2 N–H and O–H groups in total. The second kappa shape index (κ2) is 20.2. The minimum Gasteiger partial charge on any atom is -0.467 e. The predicted molar refractivity (Wildman–Crippen MR) is 199 cm³/mol. The highest BCUT2D eigenvalue weighted by Crippen LogP contribution is 2.30. The van der Waals surface area contributed by atoms with E-state index < -0.39 is 42.2 Å². The zero-order valence-electron chi connectivity index (χ0n) is 32.6. The number of aromatic nitrogens is 2. The minimum absolute atomic E-state index is 0.0122. The Labute approximate surface area is 309 Å². The van der Waals surface area contributed by atoms with Gasteiger partial charge in [-0.25, -0.2) is 14.8 Å². The molecule has 0 saturated carbocycles. The SMILES string of the molecule is CC[C@H](C)[C@@H]([C@@H](CC(=O)N1CCCC1[C@H](OC)[C@@H](C)C(=O)NC(Cc1ccccc1)C(=O)OC)OC)N(C)C(=O)C(Nc1nccc(C)n1)C(C)C. The summed E-state index contributed by atoms with van der Waals surface area (Å²) in [6.45, 7) is 12.2. The molecular weight excluding hydrogens is 664 g/mol. The molecule has 1 saturated heterocycles. The van der Waals surface area contributed by atoms with Crippen LogP contribution in [-0.2, 0) is 39.8 Å². The largest absolute Gasteiger partial charge is 0.467 e. The van der Waals surface area contributed by atoms with E-state index in [9.17, 15) is 19.2 Å². The number of carbonyl (C=O) groups is 4. The summed E-state index contributed by atoms with van der Waals surface area (Å²) in [6, 6.07) is 8.95. The number of rotatable bonds is 19. The topological polar surface area (TPSA) is 152 Å². The molecule has 52 heavy (non-hydrogen) atoms. The molecule has 0 aliphatic carbocycles. The van der Waals surface area contributed by atoms with Crippen LogP contribution in [0.4, 0.5) is 5.95 Å². The maximum Gasteiger partial charge on any atom is 0.328 e. The number of likely N-dealkylation sites (tertiary alicyclic amines) is 1. The zero-order chi connectivity index (χ0) is 38.5. The van der Waals surface area contributed by atoms with Gasteiger partial charge in [-0.3, -0.25) is 14.4 Å². The number of nitrogens with zero attached hydrogens (tertiary/aromatic N) is 4. The summed E-state index contributed by atoms with van der Waals surface area (Å²) in [4.78, 5) is 66.8. The number of hydrogen-bond acceptors (Lipinski definition) is 10. The lowest BCUT2D eigenvalue weighted by Gasteiger charge is -2.40. The molecule has 8 atom stereocenters. The third-order valence-electron chi connectivity index (χ3n) is 10.4. The Morgan fingerprint density at radius 2 is 1.71 bits per heavy atom. The van der Waals surface area contributed by atoms with Crippen molar-refractivity contribution in [1.82, 2.24) is 25.1 Å². The Bertz CT molecular complexity index is 1460. The summed E-state index contributed by atoms with van der Waals surface area (Å²) in [5.74, 6) is -1.55. The minimum atomic E-state index is -0.879. The summed E-state index contributed by atoms with van der Waals surface area (Å²) < 4.78 is 16.9. The molecule has 3 unspecified atom stereocenters. The molecule has 1 aliphatic heterocycles. The van der Waals surface area contributed by atoms with Gasteiger partial charge in [0.1, 0.15) is 12.1 Å². The van der Waals surface area contributed by atoms with Crippen molar-refractivity contribution in [2.45, 2.75) is 110 Å². The van der Waals surface area contributed by atoms with Gasteiger partial charge >= 0.3 is 5.97 Å². The molecule has 1 aliphatic rings. The first-order valence-corrected chi connectivity index (χ1v) is 18.4. The van der Waals surface area contributed by atoms with Crippen LogP contribution in [0.2, 0.25) is 0 Å². The molecule has 288 valence electrons. The van der Waals surface area contributed by atoms with Gasteiger partial charge < -0.3 is 34.6 Å². The van der Waals surface area contributed by atoms with Gasteiger partial charge in [-0.15, -0.1) is 0 Å². The van der Waals surface area contributed by atoms with Gasteiger partial charge in [-0.05, 0) is 43.2 Å². The first kappa shape index (κ1) is 42.3. The van der Waals surface area contributed by atoms with E-state index in [1.54, 1.807) is 43.1 Å². The van der Waals surface area contributed by atoms with Crippen LogP contribution in [0.25, 0.3) is 0 Å². The van der Waals surface area contributed by atoms with E-state index in [1.807, 2.05) is 51.1 Å². The number of anilines is 1. The number of carbonyl (C=O) groups excluding carboxylic acids is 4. The summed E-state index contributed by atoms with van der Waals surface area (Å²) in [6.07, 6.45) is 2.91. The first-order chi connectivity index (χ1) is 24.8. The van der Waals surface area contributed by atoms with E-state index in [-0.39, 0.29) is 48.4 Å². The van der Waals surface area contributed by atoms with Gasteiger partial charge in [0.25, 0.3) is 0 Å². The van der Waals surface area contributed by atoms with Gasteiger partial charge in [0, 0.05) is 46.1 Å². The van der Waals surface area contributed by atoms with E-state index in [0.29, 0.717) is 18.9 Å². The second-order valence-electron chi connectivity index (χ2n) is 14.3. The van der Waals surface area contributed by atoms with Crippen molar-refractivity contribution in [3.8, 4) is 0 Å². The van der Waals surface area contributed by atoms with Crippen molar-refractivity contribution in [1.29, 1.82) is 0 Å². The standard InChI is InChI=1S/C39H60N6O7/c1-11-25(4)34(44(7)37(48)33(24(2)3)43-39-40-20-19-26(5)41-39)31(50-8)23-32(46)45-21-15-18-30(45)35(51-9)27(6)36(47)42-29(38(49)52-10)22-28-16-13-12-14-17-28/h12-14,16-17,19-20,24-25,27,29-31,33-35H,11,15,18,21-23H2,1-10H3,(H,42,47)(H,40,41,43)/t25-,27+,29?,30?,31+,33?,34-,35+/m0/s1. The molecule has 13 nitrogen and oxygen atoms in total. The van der Waals surface area contributed by atoms with Crippen LogP contribution in [0.5, 0.6) is 0 Å². The number of hydrogen-bond donors (Lipinski definition) is 2. The highest BCUT2D eigenvalue weighted by atomic mass is 16.5. The van der Waals surface area contributed by atoms with E-state index >= 15 is 0 Å². The summed E-state index contributed by atoms with van der Waals surface area (Å²) in [7, 11) is 6.17. The zero-order valence-corrected chi connectivity index (χ0v) is 32.6. The first-order valence-electron chi connectivity index (χ1n) is 18.4. The molecule has 3 amide bonds. The van der Waals surface area contributed by atoms with Crippen LogP contribution in [0.3, 0.4) is 0 Å². The van der Waals surface area contributed by atoms with Crippen LogP contribution >= 0.6 is 0 Å².